The molecule has 0 aliphatic carbocycles. The van der Waals surface area contributed by atoms with Crippen LogP contribution in [0.25, 0.3) is 0 Å². The predicted octanol–water partition coefficient (Wildman–Crippen LogP) is 3.21. The van der Waals surface area contributed by atoms with E-state index in [1.54, 1.807) is 24.3 Å². The van der Waals surface area contributed by atoms with Crippen LogP contribution in [0.3, 0.4) is 0 Å². The summed E-state index contributed by atoms with van der Waals surface area (Å²) in [5, 5.41) is 14.7. The normalized spacial score (nSPS) is 15.2. The van der Waals surface area contributed by atoms with Crippen LogP contribution in [0.4, 0.5) is 0 Å². The Labute approximate surface area is 218 Å². The van der Waals surface area contributed by atoms with Gasteiger partial charge in [-0.05, 0) is 43.4 Å². The van der Waals surface area contributed by atoms with E-state index in [9.17, 15) is 19.2 Å². The summed E-state index contributed by atoms with van der Waals surface area (Å²) in [5.41, 5.74) is 6.74. The molecule has 10 heteroatoms. The van der Waals surface area contributed by atoms with E-state index in [4.69, 9.17) is 27.2 Å². The number of esters is 1. The molecule has 9 nitrogen and oxygen atoms in total. The van der Waals surface area contributed by atoms with Crippen molar-refractivity contribution in [3.05, 3.63) is 34.9 Å². The third-order valence-electron chi connectivity index (χ3n) is 6.09. The van der Waals surface area contributed by atoms with Crippen molar-refractivity contribution in [1.29, 1.82) is 0 Å². The number of hydrogen-bond donors (Lipinski definition) is 4. The monoisotopic (exact) mass is 525 g/mol. The van der Waals surface area contributed by atoms with Crippen LogP contribution in [0.5, 0.6) is 0 Å². The van der Waals surface area contributed by atoms with Gasteiger partial charge in [0.15, 0.2) is 0 Å². The highest BCUT2D eigenvalue weighted by Crippen LogP contribution is 2.15. The molecule has 0 saturated carbocycles. The number of unbranched alkanes of at least 4 members (excludes halogenated alkanes) is 2. The van der Waals surface area contributed by atoms with Gasteiger partial charge in [-0.15, -0.1) is 0 Å². The highest BCUT2D eigenvalue weighted by atomic mass is 35.5. The van der Waals surface area contributed by atoms with E-state index in [0.29, 0.717) is 17.9 Å². The van der Waals surface area contributed by atoms with Crippen molar-refractivity contribution in [2.45, 2.75) is 96.9 Å². The molecule has 0 heterocycles. The SMILES string of the molecule is CCCCC[C@H](CC(=O)N[C@@H](Cc1ccc(Cl)cc1)C(=O)N[C@@H](C)C(=O)O)OC(=O)[C@H](N)[C@@H](C)CC. The van der Waals surface area contributed by atoms with Crippen molar-refractivity contribution >= 4 is 35.4 Å². The Balaban J connectivity index is 2.97. The minimum Gasteiger partial charge on any atom is -0.480 e. The summed E-state index contributed by atoms with van der Waals surface area (Å²) in [6.45, 7) is 7.18. The van der Waals surface area contributed by atoms with Crippen LogP contribution < -0.4 is 16.4 Å². The maximum atomic E-state index is 13.0. The maximum absolute atomic E-state index is 13.0. The van der Waals surface area contributed by atoms with Gasteiger partial charge in [-0.1, -0.05) is 63.8 Å². The first-order chi connectivity index (χ1) is 17.0. The lowest BCUT2D eigenvalue weighted by Gasteiger charge is -2.24. The Bertz CT molecular complexity index is 864. The fourth-order valence-electron chi connectivity index (χ4n) is 3.45. The maximum Gasteiger partial charge on any atom is 0.325 e. The van der Waals surface area contributed by atoms with Crippen molar-refractivity contribution in [2.24, 2.45) is 11.7 Å². The van der Waals surface area contributed by atoms with Gasteiger partial charge in [0.2, 0.25) is 11.8 Å². The number of benzene rings is 1. The van der Waals surface area contributed by atoms with Gasteiger partial charge in [0.25, 0.3) is 0 Å². The number of nitrogens with one attached hydrogen (secondary N) is 2. The molecule has 5 atom stereocenters. The van der Waals surface area contributed by atoms with Crippen LogP contribution >= 0.6 is 11.6 Å². The standard InChI is InChI=1S/C26H40ClN3O6/c1-5-7-8-9-20(36-26(35)23(28)16(3)6-2)15-22(31)30-21(24(32)29-17(4)25(33)34)14-18-10-12-19(27)13-11-18/h10-13,16-17,20-21,23H,5-9,14-15,28H2,1-4H3,(H,29,32)(H,30,31)(H,33,34)/t16-,17-,20+,21-,23+/m0/s1. The highest BCUT2D eigenvalue weighted by molar-refractivity contribution is 6.30. The largest absolute Gasteiger partial charge is 0.480 e. The molecule has 1 aromatic carbocycles. The quantitative estimate of drug-likeness (QED) is 0.191. The summed E-state index contributed by atoms with van der Waals surface area (Å²) < 4.78 is 5.60. The Morgan fingerprint density at radius 1 is 1.06 bits per heavy atom. The van der Waals surface area contributed by atoms with Gasteiger partial charge in [-0.3, -0.25) is 19.2 Å². The zero-order valence-corrected chi connectivity index (χ0v) is 22.3. The van der Waals surface area contributed by atoms with Crippen LogP contribution in [-0.2, 0) is 30.3 Å². The van der Waals surface area contributed by atoms with Gasteiger partial charge in [-0.2, -0.15) is 0 Å². The van der Waals surface area contributed by atoms with Crippen molar-refractivity contribution in [1.82, 2.24) is 10.6 Å². The van der Waals surface area contributed by atoms with Crippen molar-refractivity contribution in [3.63, 3.8) is 0 Å². The van der Waals surface area contributed by atoms with E-state index in [2.05, 4.69) is 10.6 Å². The molecular weight excluding hydrogens is 486 g/mol. The lowest BCUT2D eigenvalue weighted by atomic mass is 10.00. The number of aliphatic carboxylic acids is 1. The minimum absolute atomic E-state index is 0.0636. The molecule has 202 valence electrons. The fraction of sp³-hybridized carbons (Fsp3) is 0.615. The van der Waals surface area contributed by atoms with Crippen molar-refractivity contribution in [2.75, 3.05) is 0 Å². The van der Waals surface area contributed by atoms with Gasteiger partial charge < -0.3 is 26.2 Å². The number of carboxylic acid groups (broad SMARTS) is 1. The van der Waals surface area contributed by atoms with Crippen molar-refractivity contribution in [3.8, 4) is 0 Å². The minimum atomic E-state index is -1.19. The summed E-state index contributed by atoms with van der Waals surface area (Å²) >= 11 is 5.94. The molecule has 0 fully saturated rings. The van der Waals surface area contributed by atoms with Gasteiger partial charge in [0.05, 0.1) is 6.42 Å². The molecule has 0 aromatic heterocycles. The van der Waals surface area contributed by atoms with E-state index in [-0.39, 0.29) is 18.8 Å². The van der Waals surface area contributed by atoms with Crippen LogP contribution in [-0.4, -0.2) is 53.1 Å². The molecule has 36 heavy (non-hydrogen) atoms. The van der Waals surface area contributed by atoms with Crippen molar-refractivity contribution < 1.29 is 29.0 Å². The second kappa shape index (κ2) is 16.2. The Hall–Kier alpha value is -2.65. The molecule has 5 N–H and O–H groups in total. The molecule has 0 unspecified atom stereocenters. The average Bonchev–Trinajstić information content (AvgIpc) is 2.83. The summed E-state index contributed by atoms with van der Waals surface area (Å²) in [6, 6.07) is 3.82. The molecule has 0 aliphatic rings. The van der Waals surface area contributed by atoms with Gasteiger partial charge >= 0.3 is 11.9 Å². The summed E-state index contributed by atoms with van der Waals surface area (Å²) in [4.78, 5) is 49.5. The van der Waals surface area contributed by atoms with Gasteiger partial charge in [0, 0.05) is 11.4 Å². The molecule has 0 saturated heterocycles. The Morgan fingerprint density at radius 2 is 1.69 bits per heavy atom. The number of carbonyl (C=O) groups is 4. The second-order valence-electron chi connectivity index (χ2n) is 9.19. The second-order valence-corrected chi connectivity index (χ2v) is 9.63. The van der Waals surface area contributed by atoms with Crippen LogP contribution in [0, 0.1) is 5.92 Å². The first-order valence-electron chi connectivity index (χ1n) is 12.5. The predicted molar refractivity (Wildman–Crippen MR) is 138 cm³/mol. The first-order valence-corrected chi connectivity index (χ1v) is 12.9. The third kappa shape index (κ3) is 11.4. The van der Waals surface area contributed by atoms with E-state index >= 15 is 0 Å². The molecule has 1 aromatic rings. The summed E-state index contributed by atoms with van der Waals surface area (Å²) in [5.74, 6) is -2.93. The Kier molecular flexibility index (Phi) is 14.1. The number of carbonyl (C=O) groups excluding carboxylic acids is 3. The number of amides is 2. The summed E-state index contributed by atoms with van der Waals surface area (Å²) in [7, 11) is 0. The number of ether oxygens (including phenoxy) is 1. The van der Waals surface area contributed by atoms with E-state index < -0.39 is 48.0 Å². The lowest BCUT2D eigenvalue weighted by molar-refractivity contribution is -0.153. The van der Waals surface area contributed by atoms with Crippen LogP contribution in [0.15, 0.2) is 24.3 Å². The molecule has 1 rings (SSSR count). The molecular formula is C26H40ClN3O6. The number of halogens is 1. The van der Waals surface area contributed by atoms with E-state index in [1.807, 2.05) is 20.8 Å². The zero-order chi connectivity index (χ0) is 27.3. The highest BCUT2D eigenvalue weighted by Gasteiger charge is 2.28. The fourth-order valence-corrected chi connectivity index (χ4v) is 3.58. The average molecular weight is 526 g/mol. The topological polar surface area (TPSA) is 148 Å². The summed E-state index contributed by atoms with van der Waals surface area (Å²) in [6.07, 6.45) is 3.16. The number of hydrogen-bond acceptors (Lipinski definition) is 6. The zero-order valence-electron chi connectivity index (χ0n) is 21.6. The molecule has 2 amide bonds. The molecule has 0 aliphatic heterocycles. The molecule has 0 bridgehead atoms. The van der Waals surface area contributed by atoms with Gasteiger partial charge in [-0.25, -0.2) is 0 Å². The molecule has 0 radical (unpaired) electrons. The lowest BCUT2D eigenvalue weighted by Crippen LogP contribution is -2.52. The third-order valence-corrected chi connectivity index (χ3v) is 6.34. The van der Waals surface area contributed by atoms with Gasteiger partial charge in [0.1, 0.15) is 24.2 Å². The number of carboxylic acids is 1. The first kappa shape index (κ1) is 31.4. The smallest absolute Gasteiger partial charge is 0.325 e. The van der Waals surface area contributed by atoms with Crippen LogP contribution in [0.1, 0.15) is 71.8 Å². The van der Waals surface area contributed by atoms with E-state index in [1.165, 1.54) is 6.92 Å². The Morgan fingerprint density at radius 3 is 2.25 bits per heavy atom. The number of rotatable bonds is 16. The van der Waals surface area contributed by atoms with E-state index in [0.717, 1.165) is 24.8 Å². The number of nitrogens with two attached hydrogens (primary N) is 1. The molecule has 0 spiro atoms. The van der Waals surface area contributed by atoms with Crippen LogP contribution in [0.2, 0.25) is 5.02 Å².